The first kappa shape index (κ1) is 18.6. The van der Waals surface area contributed by atoms with Crippen LogP contribution in [0.1, 0.15) is 0 Å². The van der Waals surface area contributed by atoms with Gasteiger partial charge in [0.2, 0.25) is 0 Å². The summed E-state index contributed by atoms with van der Waals surface area (Å²) in [4.78, 5) is 14.2. The number of hydrogen-bond acceptors (Lipinski definition) is 5. The van der Waals surface area contributed by atoms with Crippen molar-refractivity contribution in [2.45, 2.75) is 0 Å². The highest BCUT2D eigenvalue weighted by Crippen LogP contribution is 2.35. The molecule has 2 aromatic carbocycles. The molecule has 1 saturated heterocycles. The van der Waals surface area contributed by atoms with Crippen molar-refractivity contribution in [2.24, 2.45) is 0 Å². The van der Waals surface area contributed by atoms with Gasteiger partial charge in [-0.05, 0) is 55.6 Å². The van der Waals surface area contributed by atoms with E-state index in [1.54, 1.807) is 30.5 Å². The molecule has 0 amide bonds. The lowest BCUT2D eigenvalue weighted by Gasteiger charge is -2.33. The Labute approximate surface area is 173 Å². The third-order valence-corrected chi connectivity index (χ3v) is 5.58. The summed E-state index contributed by atoms with van der Waals surface area (Å²) in [7, 11) is 2.12. The van der Waals surface area contributed by atoms with Gasteiger partial charge in [0.05, 0.1) is 11.4 Å². The lowest BCUT2D eigenvalue weighted by Crippen LogP contribution is -2.45. The van der Waals surface area contributed by atoms with E-state index in [4.69, 9.17) is 4.98 Å². The van der Waals surface area contributed by atoms with E-state index in [9.17, 15) is 9.50 Å². The average molecular weight is 403 g/mol. The summed E-state index contributed by atoms with van der Waals surface area (Å²) in [6.45, 7) is 3.71. The lowest BCUT2D eigenvalue weighted by atomic mass is 10.0. The minimum Gasteiger partial charge on any atom is -0.508 e. The van der Waals surface area contributed by atoms with Crippen LogP contribution in [-0.2, 0) is 0 Å². The van der Waals surface area contributed by atoms with Crippen molar-refractivity contribution < 1.29 is 9.50 Å². The average Bonchev–Trinajstić information content (AvgIpc) is 3.15. The Morgan fingerprint density at radius 3 is 2.27 bits per heavy atom. The Bertz CT molecular complexity index is 1180. The molecule has 2 aromatic heterocycles. The van der Waals surface area contributed by atoms with Crippen LogP contribution in [0, 0.1) is 5.82 Å². The Morgan fingerprint density at radius 1 is 0.900 bits per heavy atom. The summed E-state index contributed by atoms with van der Waals surface area (Å²) >= 11 is 0. The lowest BCUT2D eigenvalue weighted by molar-refractivity contribution is 0.312. The number of phenolic OH excluding ortho intramolecular Hbond substituents is 1. The molecule has 152 valence electrons. The van der Waals surface area contributed by atoms with Gasteiger partial charge >= 0.3 is 0 Å². The smallest absolute Gasteiger partial charge is 0.181 e. The highest BCUT2D eigenvalue weighted by Gasteiger charge is 2.23. The SMILES string of the molecule is CN1CCN(c2nccn3c(-c4ccc(O)cc4)c(-c4ccc(F)cc4)nc23)CC1. The fourth-order valence-electron chi connectivity index (χ4n) is 3.91. The molecule has 0 aliphatic carbocycles. The fourth-order valence-corrected chi connectivity index (χ4v) is 3.91. The molecule has 4 aromatic rings. The molecule has 5 rings (SSSR count). The summed E-state index contributed by atoms with van der Waals surface area (Å²) < 4.78 is 15.6. The maximum Gasteiger partial charge on any atom is 0.181 e. The van der Waals surface area contributed by atoms with E-state index in [0.29, 0.717) is 0 Å². The van der Waals surface area contributed by atoms with E-state index < -0.39 is 0 Å². The zero-order valence-electron chi connectivity index (χ0n) is 16.7. The van der Waals surface area contributed by atoms with Gasteiger partial charge in [-0.1, -0.05) is 0 Å². The van der Waals surface area contributed by atoms with Crippen molar-refractivity contribution in [1.82, 2.24) is 19.3 Å². The number of aromatic hydroxyl groups is 1. The molecule has 1 N–H and O–H groups in total. The minimum atomic E-state index is -0.284. The van der Waals surface area contributed by atoms with Gasteiger partial charge in [0.15, 0.2) is 11.5 Å². The summed E-state index contributed by atoms with van der Waals surface area (Å²) in [5.74, 6) is 0.767. The van der Waals surface area contributed by atoms with Crippen LogP contribution in [0.3, 0.4) is 0 Å². The van der Waals surface area contributed by atoms with Crippen molar-refractivity contribution in [3.8, 4) is 28.3 Å². The second-order valence-electron chi connectivity index (χ2n) is 7.60. The molecular weight excluding hydrogens is 381 g/mol. The standard InChI is InChI=1S/C23H22FN5O/c1-27-12-14-28(15-13-27)22-23-26-20(16-2-6-18(24)7-3-16)21(29(23)11-10-25-22)17-4-8-19(30)9-5-17/h2-11,30H,12-15H2,1H3. The van der Waals surface area contributed by atoms with Crippen LogP contribution in [0.4, 0.5) is 10.2 Å². The van der Waals surface area contributed by atoms with Gasteiger partial charge in [-0.15, -0.1) is 0 Å². The number of hydrogen-bond donors (Lipinski definition) is 1. The largest absolute Gasteiger partial charge is 0.508 e. The number of halogens is 1. The normalized spacial score (nSPS) is 15.1. The third kappa shape index (κ3) is 3.27. The summed E-state index contributed by atoms with van der Waals surface area (Å²) in [5, 5.41) is 9.74. The van der Waals surface area contributed by atoms with Crippen LogP contribution in [0.15, 0.2) is 60.9 Å². The molecule has 0 spiro atoms. The summed E-state index contributed by atoms with van der Waals surface area (Å²) in [6, 6.07) is 13.4. The van der Waals surface area contributed by atoms with E-state index >= 15 is 0 Å². The number of anilines is 1. The van der Waals surface area contributed by atoms with Crippen molar-refractivity contribution in [3.05, 3.63) is 66.7 Å². The van der Waals surface area contributed by atoms with E-state index in [-0.39, 0.29) is 11.6 Å². The maximum atomic E-state index is 13.5. The Morgan fingerprint density at radius 2 is 1.57 bits per heavy atom. The van der Waals surface area contributed by atoms with Crippen LogP contribution in [0.5, 0.6) is 5.75 Å². The number of likely N-dealkylation sites (N-methyl/N-ethyl adjacent to an activating group) is 1. The summed E-state index contributed by atoms with van der Waals surface area (Å²) in [6.07, 6.45) is 3.69. The van der Waals surface area contributed by atoms with E-state index in [0.717, 1.165) is 60.2 Å². The van der Waals surface area contributed by atoms with Crippen LogP contribution < -0.4 is 4.90 Å². The predicted octanol–water partition coefficient (Wildman–Crippen LogP) is 3.66. The fraction of sp³-hybridized carbons (Fsp3) is 0.217. The van der Waals surface area contributed by atoms with Crippen molar-refractivity contribution in [3.63, 3.8) is 0 Å². The maximum absolute atomic E-state index is 13.5. The van der Waals surface area contributed by atoms with Crippen LogP contribution in [0.25, 0.3) is 28.2 Å². The molecule has 1 aliphatic rings. The predicted molar refractivity (Wildman–Crippen MR) is 115 cm³/mol. The van der Waals surface area contributed by atoms with Gasteiger partial charge in [-0.3, -0.25) is 4.40 Å². The zero-order chi connectivity index (χ0) is 20.7. The van der Waals surface area contributed by atoms with Crippen molar-refractivity contribution >= 4 is 11.5 Å². The van der Waals surface area contributed by atoms with Gasteiger partial charge < -0.3 is 14.9 Å². The Hall–Kier alpha value is -3.45. The van der Waals surface area contributed by atoms with Crippen molar-refractivity contribution in [2.75, 3.05) is 38.1 Å². The van der Waals surface area contributed by atoms with Gasteiger partial charge in [0, 0.05) is 49.7 Å². The number of phenols is 1. The first-order valence-corrected chi connectivity index (χ1v) is 9.96. The first-order chi connectivity index (χ1) is 14.6. The van der Waals surface area contributed by atoms with Gasteiger partial charge in [-0.25, -0.2) is 14.4 Å². The van der Waals surface area contributed by atoms with Gasteiger partial charge in [-0.2, -0.15) is 0 Å². The number of aromatic nitrogens is 3. The number of nitrogens with zero attached hydrogens (tertiary/aromatic N) is 5. The van der Waals surface area contributed by atoms with Gasteiger partial charge in [0.1, 0.15) is 11.6 Å². The van der Waals surface area contributed by atoms with Crippen LogP contribution in [-0.4, -0.2) is 57.6 Å². The first-order valence-electron chi connectivity index (χ1n) is 9.96. The Kier molecular flexibility index (Phi) is 4.59. The molecule has 7 heteroatoms. The number of benzene rings is 2. The molecular formula is C23H22FN5O. The zero-order valence-corrected chi connectivity index (χ0v) is 16.7. The second-order valence-corrected chi connectivity index (χ2v) is 7.60. The quantitative estimate of drug-likeness (QED) is 0.566. The molecule has 6 nitrogen and oxygen atoms in total. The van der Waals surface area contributed by atoms with Crippen LogP contribution in [0.2, 0.25) is 0 Å². The number of imidazole rings is 1. The highest BCUT2D eigenvalue weighted by molar-refractivity contribution is 5.84. The monoisotopic (exact) mass is 403 g/mol. The van der Waals surface area contributed by atoms with E-state index in [1.807, 2.05) is 22.7 Å². The number of fused-ring (bicyclic) bond motifs is 1. The molecule has 0 bridgehead atoms. The molecule has 0 saturated carbocycles. The summed E-state index contributed by atoms with van der Waals surface area (Å²) in [5.41, 5.74) is 4.14. The van der Waals surface area contributed by atoms with Crippen molar-refractivity contribution in [1.29, 1.82) is 0 Å². The second kappa shape index (κ2) is 7.42. The third-order valence-electron chi connectivity index (χ3n) is 5.58. The number of rotatable bonds is 3. The molecule has 0 radical (unpaired) electrons. The molecule has 30 heavy (non-hydrogen) atoms. The molecule has 3 heterocycles. The van der Waals surface area contributed by atoms with E-state index in [1.165, 1.54) is 12.1 Å². The highest BCUT2D eigenvalue weighted by atomic mass is 19.1. The van der Waals surface area contributed by atoms with E-state index in [2.05, 4.69) is 21.8 Å². The molecule has 1 fully saturated rings. The molecule has 1 aliphatic heterocycles. The van der Waals surface area contributed by atoms with Gasteiger partial charge in [0.25, 0.3) is 0 Å². The van der Waals surface area contributed by atoms with Crippen LogP contribution >= 0.6 is 0 Å². The minimum absolute atomic E-state index is 0.204. The Balaban J connectivity index is 1.72. The molecule has 0 unspecified atom stereocenters. The molecule has 0 atom stereocenters. The number of piperazine rings is 1. The topological polar surface area (TPSA) is 56.9 Å².